The number of aryl methyl sites for hydroxylation is 1. The molecule has 0 radical (unpaired) electrons. The molecule has 4 rings (SSSR count). The minimum atomic E-state index is -0.339. The van der Waals surface area contributed by atoms with Crippen LogP contribution in [0.4, 0.5) is 0 Å². The van der Waals surface area contributed by atoms with Gasteiger partial charge in [-0.2, -0.15) is 0 Å². The summed E-state index contributed by atoms with van der Waals surface area (Å²) in [7, 11) is 1.65. The Balaban J connectivity index is 1.37. The first-order valence-electron chi connectivity index (χ1n) is 11.3. The number of rotatable bonds is 5. The Morgan fingerprint density at radius 3 is 2.65 bits per heavy atom. The molecule has 1 saturated heterocycles. The lowest BCUT2D eigenvalue weighted by molar-refractivity contribution is -0.127. The molecule has 5 nitrogen and oxygen atoms in total. The fraction of sp³-hybridized carbons (Fsp3) is 0.500. The third kappa shape index (κ3) is 5.04. The standard InChI is InChI=1S/C26H34N2O3/c1-18-7-5-6-8-20(18)17-28-13-11-19(12-14-28)25(29)27-23-16-26(2,3)31-24-15-21(30-4)9-10-22(23)24/h5-10,15,19,23H,11-14,16-17H2,1-4H3,(H,27,29)/t23-/m0/s1. The molecule has 2 aliphatic rings. The van der Waals surface area contributed by atoms with E-state index in [1.165, 1.54) is 11.1 Å². The Bertz CT molecular complexity index is 932. The van der Waals surface area contributed by atoms with Crippen molar-refractivity contribution in [2.75, 3.05) is 20.2 Å². The number of likely N-dealkylation sites (tertiary alicyclic amines) is 1. The number of amides is 1. The zero-order chi connectivity index (χ0) is 22.0. The number of methoxy groups -OCH3 is 1. The van der Waals surface area contributed by atoms with Crippen LogP contribution in [-0.2, 0) is 11.3 Å². The Kier molecular flexibility index (Phi) is 6.24. The highest BCUT2D eigenvalue weighted by atomic mass is 16.5. The maximum absolute atomic E-state index is 13.1. The van der Waals surface area contributed by atoms with E-state index in [0.29, 0.717) is 0 Å². The van der Waals surface area contributed by atoms with Crippen molar-refractivity contribution in [3.8, 4) is 11.5 Å². The molecule has 1 amide bonds. The minimum Gasteiger partial charge on any atom is -0.497 e. The molecule has 0 aromatic heterocycles. The molecule has 1 atom stereocenters. The second-order valence-electron chi connectivity index (χ2n) is 9.51. The summed E-state index contributed by atoms with van der Waals surface area (Å²) in [6.07, 6.45) is 2.56. The first kappa shape index (κ1) is 21.7. The lowest BCUT2D eigenvalue weighted by Gasteiger charge is -2.39. The summed E-state index contributed by atoms with van der Waals surface area (Å²) in [5.41, 5.74) is 3.40. The molecule has 1 fully saturated rings. The third-order valence-electron chi connectivity index (χ3n) is 6.61. The van der Waals surface area contributed by atoms with Crippen molar-refractivity contribution in [3.05, 3.63) is 59.2 Å². The van der Waals surface area contributed by atoms with Gasteiger partial charge in [-0.1, -0.05) is 24.3 Å². The summed E-state index contributed by atoms with van der Waals surface area (Å²) in [6, 6.07) is 14.4. The van der Waals surface area contributed by atoms with E-state index in [9.17, 15) is 4.79 Å². The number of hydrogen-bond donors (Lipinski definition) is 1. The van der Waals surface area contributed by atoms with Crippen molar-refractivity contribution in [1.82, 2.24) is 10.2 Å². The van der Waals surface area contributed by atoms with Gasteiger partial charge in [0.25, 0.3) is 0 Å². The molecule has 0 aliphatic carbocycles. The van der Waals surface area contributed by atoms with Gasteiger partial charge in [0, 0.05) is 30.5 Å². The van der Waals surface area contributed by atoms with E-state index in [1.54, 1.807) is 7.11 Å². The van der Waals surface area contributed by atoms with Crippen molar-refractivity contribution in [2.45, 2.75) is 58.2 Å². The van der Waals surface area contributed by atoms with E-state index in [4.69, 9.17) is 9.47 Å². The predicted octanol–water partition coefficient (Wildman–Crippen LogP) is 4.63. The number of hydrogen-bond acceptors (Lipinski definition) is 4. The van der Waals surface area contributed by atoms with E-state index >= 15 is 0 Å². The SMILES string of the molecule is COc1ccc2c(c1)OC(C)(C)C[C@@H]2NC(=O)C1CCN(Cc2ccccc2C)CC1. The zero-order valence-corrected chi connectivity index (χ0v) is 19.1. The molecule has 0 bridgehead atoms. The van der Waals surface area contributed by atoms with Gasteiger partial charge in [0.15, 0.2) is 0 Å². The monoisotopic (exact) mass is 422 g/mol. The van der Waals surface area contributed by atoms with Gasteiger partial charge in [-0.3, -0.25) is 9.69 Å². The average molecular weight is 423 g/mol. The number of fused-ring (bicyclic) bond motifs is 1. The molecular formula is C26H34N2O3. The van der Waals surface area contributed by atoms with Crippen LogP contribution in [0, 0.1) is 12.8 Å². The molecule has 0 unspecified atom stereocenters. The molecule has 5 heteroatoms. The Hall–Kier alpha value is -2.53. The molecule has 0 saturated carbocycles. The average Bonchev–Trinajstić information content (AvgIpc) is 2.74. The normalized spacial score (nSPS) is 21.1. The fourth-order valence-electron chi connectivity index (χ4n) is 4.76. The number of nitrogens with zero attached hydrogens (tertiary/aromatic N) is 1. The number of ether oxygens (including phenoxy) is 2. The van der Waals surface area contributed by atoms with Crippen LogP contribution in [0.5, 0.6) is 11.5 Å². The topological polar surface area (TPSA) is 50.8 Å². The van der Waals surface area contributed by atoms with Crippen LogP contribution in [0.3, 0.4) is 0 Å². The quantitative estimate of drug-likeness (QED) is 0.763. The van der Waals surface area contributed by atoms with Crippen LogP contribution in [0.25, 0.3) is 0 Å². The van der Waals surface area contributed by atoms with Crippen molar-refractivity contribution in [2.24, 2.45) is 5.92 Å². The largest absolute Gasteiger partial charge is 0.497 e. The van der Waals surface area contributed by atoms with Crippen LogP contribution in [0.1, 0.15) is 55.8 Å². The molecular weight excluding hydrogens is 388 g/mol. The van der Waals surface area contributed by atoms with Gasteiger partial charge >= 0.3 is 0 Å². The second-order valence-corrected chi connectivity index (χ2v) is 9.51. The second kappa shape index (κ2) is 8.91. The van der Waals surface area contributed by atoms with Crippen LogP contribution in [0.15, 0.2) is 42.5 Å². The van der Waals surface area contributed by atoms with Gasteiger partial charge in [0.2, 0.25) is 5.91 Å². The van der Waals surface area contributed by atoms with Gasteiger partial charge in [-0.15, -0.1) is 0 Å². The Morgan fingerprint density at radius 1 is 1.19 bits per heavy atom. The molecule has 2 heterocycles. The molecule has 31 heavy (non-hydrogen) atoms. The third-order valence-corrected chi connectivity index (χ3v) is 6.61. The van der Waals surface area contributed by atoms with Gasteiger partial charge in [-0.05, 0) is 70.0 Å². The highest BCUT2D eigenvalue weighted by Crippen LogP contribution is 2.41. The van der Waals surface area contributed by atoms with Gasteiger partial charge in [0.1, 0.15) is 17.1 Å². The summed E-state index contributed by atoms with van der Waals surface area (Å²) in [5, 5.41) is 3.33. The van der Waals surface area contributed by atoms with Gasteiger partial charge < -0.3 is 14.8 Å². The van der Waals surface area contributed by atoms with Crippen LogP contribution in [0.2, 0.25) is 0 Å². The highest BCUT2D eigenvalue weighted by molar-refractivity contribution is 5.79. The van der Waals surface area contributed by atoms with Crippen molar-refractivity contribution < 1.29 is 14.3 Å². The fourth-order valence-corrected chi connectivity index (χ4v) is 4.76. The van der Waals surface area contributed by atoms with E-state index in [1.807, 2.05) is 18.2 Å². The van der Waals surface area contributed by atoms with E-state index < -0.39 is 0 Å². The maximum atomic E-state index is 13.1. The predicted molar refractivity (Wildman–Crippen MR) is 122 cm³/mol. The lowest BCUT2D eigenvalue weighted by Crippen LogP contribution is -2.45. The van der Waals surface area contributed by atoms with E-state index in [0.717, 1.165) is 56.0 Å². The Labute approximate surface area is 185 Å². The lowest BCUT2D eigenvalue weighted by atomic mass is 9.88. The van der Waals surface area contributed by atoms with Crippen LogP contribution in [-0.4, -0.2) is 36.6 Å². The van der Waals surface area contributed by atoms with E-state index in [-0.39, 0.29) is 23.5 Å². The summed E-state index contributed by atoms with van der Waals surface area (Å²) in [4.78, 5) is 15.6. The Morgan fingerprint density at radius 2 is 1.94 bits per heavy atom. The minimum absolute atomic E-state index is 0.0397. The number of benzene rings is 2. The smallest absolute Gasteiger partial charge is 0.223 e. The maximum Gasteiger partial charge on any atom is 0.223 e. The number of carbonyl (C=O) groups is 1. The summed E-state index contributed by atoms with van der Waals surface area (Å²) in [6.45, 7) is 9.18. The molecule has 2 aromatic carbocycles. The number of piperidine rings is 1. The summed E-state index contributed by atoms with van der Waals surface area (Å²) >= 11 is 0. The van der Waals surface area contributed by atoms with Crippen molar-refractivity contribution in [1.29, 1.82) is 0 Å². The first-order valence-corrected chi connectivity index (χ1v) is 11.3. The number of nitrogens with one attached hydrogen (secondary N) is 1. The van der Waals surface area contributed by atoms with Crippen molar-refractivity contribution >= 4 is 5.91 Å². The molecule has 1 N–H and O–H groups in total. The molecule has 2 aliphatic heterocycles. The highest BCUT2D eigenvalue weighted by Gasteiger charge is 2.36. The number of carbonyl (C=O) groups excluding carboxylic acids is 1. The van der Waals surface area contributed by atoms with E-state index in [2.05, 4.69) is 55.3 Å². The summed E-state index contributed by atoms with van der Waals surface area (Å²) < 4.78 is 11.5. The van der Waals surface area contributed by atoms with Gasteiger partial charge in [-0.25, -0.2) is 0 Å². The molecule has 0 spiro atoms. The van der Waals surface area contributed by atoms with Gasteiger partial charge in [0.05, 0.1) is 13.2 Å². The summed E-state index contributed by atoms with van der Waals surface area (Å²) in [5.74, 6) is 1.80. The zero-order valence-electron chi connectivity index (χ0n) is 19.1. The molecule has 166 valence electrons. The molecule has 2 aromatic rings. The van der Waals surface area contributed by atoms with Crippen molar-refractivity contribution in [3.63, 3.8) is 0 Å². The van der Waals surface area contributed by atoms with Crippen LogP contribution >= 0.6 is 0 Å². The first-order chi connectivity index (χ1) is 14.8. The van der Waals surface area contributed by atoms with Crippen LogP contribution < -0.4 is 14.8 Å².